The molecule has 7 nitrogen and oxygen atoms in total. The smallest absolute Gasteiger partial charge is 0.251 e. The number of guanidine groups is 1. The van der Waals surface area contributed by atoms with Gasteiger partial charge in [-0.05, 0) is 49.7 Å². The van der Waals surface area contributed by atoms with E-state index in [2.05, 4.69) is 38.0 Å². The Morgan fingerprint density at radius 3 is 2.41 bits per heavy atom. The SMILES string of the molecule is CN=C(NCc1ccc(C(=O)NC)cc1)NCC(c1ccccc1OC)N1CCCC1.I. The molecule has 8 heteroatoms. The van der Waals surface area contributed by atoms with Gasteiger partial charge in [-0.2, -0.15) is 0 Å². The molecule has 1 atom stereocenters. The summed E-state index contributed by atoms with van der Waals surface area (Å²) in [6.07, 6.45) is 2.45. The summed E-state index contributed by atoms with van der Waals surface area (Å²) >= 11 is 0. The van der Waals surface area contributed by atoms with E-state index in [1.165, 1.54) is 18.4 Å². The molecule has 32 heavy (non-hydrogen) atoms. The maximum absolute atomic E-state index is 11.7. The first-order valence-corrected chi connectivity index (χ1v) is 10.8. The predicted molar refractivity (Wildman–Crippen MR) is 140 cm³/mol. The van der Waals surface area contributed by atoms with Gasteiger partial charge in [0.15, 0.2) is 5.96 Å². The number of hydrogen-bond donors (Lipinski definition) is 3. The van der Waals surface area contributed by atoms with Gasteiger partial charge >= 0.3 is 0 Å². The molecule has 1 aliphatic rings. The highest BCUT2D eigenvalue weighted by Crippen LogP contribution is 2.31. The number of nitrogens with zero attached hydrogens (tertiary/aromatic N) is 2. The van der Waals surface area contributed by atoms with E-state index in [1.807, 2.05) is 36.4 Å². The monoisotopic (exact) mass is 551 g/mol. The number of carbonyl (C=O) groups excluding carboxylic acids is 1. The largest absolute Gasteiger partial charge is 0.496 e. The normalized spacial score (nSPS) is 14.9. The molecule has 0 aliphatic carbocycles. The van der Waals surface area contributed by atoms with Gasteiger partial charge in [0.25, 0.3) is 5.91 Å². The Hall–Kier alpha value is -2.33. The number of aliphatic imine (C=N–C) groups is 1. The van der Waals surface area contributed by atoms with Gasteiger partial charge in [-0.15, -0.1) is 24.0 Å². The predicted octanol–water partition coefficient (Wildman–Crippen LogP) is 3.17. The highest BCUT2D eigenvalue weighted by molar-refractivity contribution is 14.0. The first kappa shape index (κ1) is 25.9. The van der Waals surface area contributed by atoms with Gasteiger partial charge < -0.3 is 20.7 Å². The second-order valence-corrected chi connectivity index (χ2v) is 7.58. The topological polar surface area (TPSA) is 78.0 Å². The van der Waals surface area contributed by atoms with Crippen LogP contribution in [0.1, 0.15) is 40.4 Å². The van der Waals surface area contributed by atoms with E-state index < -0.39 is 0 Å². The molecule has 174 valence electrons. The Bertz CT molecular complexity index is 882. The highest BCUT2D eigenvalue weighted by Gasteiger charge is 2.26. The van der Waals surface area contributed by atoms with Crippen molar-refractivity contribution >= 4 is 35.8 Å². The van der Waals surface area contributed by atoms with Gasteiger partial charge in [-0.3, -0.25) is 14.7 Å². The van der Waals surface area contributed by atoms with Crippen molar-refractivity contribution in [2.45, 2.75) is 25.4 Å². The van der Waals surface area contributed by atoms with Crippen LogP contribution in [0.15, 0.2) is 53.5 Å². The average molecular weight is 551 g/mol. The van der Waals surface area contributed by atoms with Crippen molar-refractivity contribution in [2.75, 3.05) is 40.8 Å². The van der Waals surface area contributed by atoms with E-state index >= 15 is 0 Å². The number of ether oxygens (including phenoxy) is 1. The third kappa shape index (κ3) is 6.83. The van der Waals surface area contributed by atoms with Crippen LogP contribution in [0.4, 0.5) is 0 Å². The number of methoxy groups -OCH3 is 1. The van der Waals surface area contributed by atoms with Crippen molar-refractivity contribution in [3.05, 3.63) is 65.2 Å². The Morgan fingerprint density at radius 2 is 1.78 bits per heavy atom. The molecular weight excluding hydrogens is 517 g/mol. The van der Waals surface area contributed by atoms with E-state index in [4.69, 9.17) is 4.74 Å². The third-order valence-electron chi connectivity index (χ3n) is 5.67. The van der Waals surface area contributed by atoms with Crippen molar-refractivity contribution in [1.82, 2.24) is 20.9 Å². The van der Waals surface area contributed by atoms with E-state index in [0.29, 0.717) is 12.1 Å². The summed E-state index contributed by atoms with van der Waals surface area (Å²) in [6.45, 7) is 3.54. The van der Waals surface area contributed by atoms with Crippen LogP contribution in [0.5, 0.6) is 5.75 Å². The Kier molecular flexibility index (Phi) is 10.8. The quantitative estimate of drug-likeness (QED) is 0.267. The fourth-order valence-corrected chi connectivity index (χ4v) is 3.95. The van der Waals surface area contributed by atoms with Crippen molar-refractivity contribution < 1.29 is 9.53 Å². The zero-order valence-corrected chi connectivity index (χ0v) is 21.4. The third-order valence-corrected chi connectivity index (χ3v) is 5.67. The second-order valence-electron chi connectivity index (χ2n) is 7.58. The summed E-state index contributed by atoms with van der Waals surface area (Å²) in [7, 11) is 5.13. The van der Waals surface area contributed by atoms with E-state index in [1.54, 1.807) is 21.2 Å². The minimum Gasteiger partial charge on any atom is -0.496 e. The number of hydrogen-bond acceptors (Lipinski definition) is 4. The molecule has 1 aliphatic heterocycles. The number of nitrogens with one attached hydrogen (secondary N) is 3. The fourth-order valence-electron chi connectivity index (χ4n) is 3.95. The molecule has 0 saturated carbocycles. The minimum absolute atomic E-state index is 0. The Balaban J connectivity index is 0.00000363. The maximum Gasteiger partial charge on any atom is 0.251 e. The van der Waals surface area contributed by atoms with Gasteiger partial charge in [-0.25, -0.2) is 0 Å². The van der Waals surface area contributed by atoms with Crippen LogP contribution in [0.25, 0.3) is 0 Å². The van der Waals surface area contributed by atoms with Crippen LogP contribution in [0.3, 0.4) is 0 Å². The van der Waals surface area contributed by atoms with Gasteiger partial charge in [0.1, 0.15) is 5.75 Å². The van der Waals surface area contributed by atoms with E-state index in [9.17, 15) is 4.79 Å². The molecule has 3 rings (SSSR count). The molecule has 0 bridgehead atoms. The number of rotatable bonds is 8. The van der Waals surface area contributed by atoms with Crippen LogP contribution >= 0.6 is 24.0 Å². The molecule has 3 N–H and O–H groups in total. The van der Waals surface area contributed by atoms with Crippen LogP contribution in [0.2, 0.25) is 0 Å². The molecule has 2 aromatic carbocycles. The van der Waals surface area contributed by atoms with Crippen LogP contribution in [0, 0.1) is 0 Å². The molecule has 0 spiro atoms. The van der Waals surface area contributed by atoms with Gasteiger partial charge in [-0.1, -0.05) is 30.3 Å². The van der Waals surface area contributed by atoms with Crippen molar-refractivity contribution in [3.8, 4) is 5.75 Å². The lowest BCUT2D eigenvalue weighted by Crippen LogP contribution is -2.42. The van der Waals surface area contributed by atoms with Gasteiger partial charge in [0.2, 0.25) is 0 Å². The summed E-state index contributed by atoms with van der Waals surface area (Å²) in [4.78, 5) is 18.6. The molecule has 1 heterocycles. The number of likely N-dealkylation sites (tertiary alicyclic amines) is 1. The molecule has 1 fully saturated rings. The Labute approximate surface area is 208 Å². The van der Waals surface area contributed by atoms with Gasteiger partial charge in [0, 0.05) is 38.3 Å². The number of amides is 1. The minimum atomic E-state index is -0.0821. The lowest BCUT2D eigenvalue weighted by Gasteiger charge is -2.30. The standard InChI is InChI=1S/C24H33N5O2.HI/c1-25-23(30)19-12-10-18(11-13-19)16-27-24(26-2)28-17-21(29-14-6-7-15-29)20-8-4-5-9-22(20)31-3;/h4-5,8-13,21H,6-7,14-17H2,1-3H3,(H,25,30)(H2,26,27,28);1H. The number of para-hydroxylation sites is 1. The number of benzene rings is 2. The summed E-state index contributed by atoms with van der Waals surface area (Å²) in [5.74, 6) is 1.58. The summed E-state index contributed by atoms with van der Waals surface area (Å²) in [5, 5.41) is 9.48. The van der Waals surface area contributed by atoms with Gasteiger partial charge in [0.05, 0.1) is 13.2 Å². The second kappa shape index (κ2) is 13.3. The fraction of sp³-hybridized carbons (Fsp3) is 0.417. The maximum atomic E-state index is 11.7. The zero-order valence-electron chi connectivity index (χ0n) is 19.1. The van der Waals surface area contributed by atoms with E-state index in [0.717, 1.165) is 36.9 Å². The first-order chi connectivity index (χ1) is 15.2. The summed E-state index contributed by atoms with van der Waals surface area (Å²) < 4.78 is 5.63. The summed E-state index contributed by atoms with van der Waals surface area (Å²) in [6, 6.07) is 16.0. The molecule has 0 aromatic heterocycles. The first-order valence-electron chi connectivity index (χ1n) is 10.8. The summed E-state index contributed by atoms with van der Waals surface area (Å²) in [5.41, 5.74) is 2.93. The van der Waals surface area contributed by atoms with E-state index in [-0.39, 0.29) is 35.9 Å². The number of carbonyl (C=O) groups is 1. The molecule has 1 saturated heterocycles. The van der Waals surface area contributed by atoms with Crippen LogP contribution in [-0.4, -0.2) is 57.6 Å². The average Bonchev–Trinajstić information content (AvgIpc) is 3.36. The molecule has 0 radical (unpaired) electrons. The van der Waals surface area contributed by atoms with Crippen molar-refractivity contribution in [2.24, 2.45) is 4.99 Å². The van der Waals surface area contributed by atoms with Crippen LogP contribution < -0.4 is 20.7 Å². The lowest BCUT2D eigenvalue weighted by atomic mass is 10.0. The Morgan fingerprint density at radius 1 is 1.09 bits per heavy atom. The zero-order chi connectivity index (χ0) is 22.1. The molecule has 1 unspecified atom stereocenters. The molecule has 2 aromatic rings. The van der Waals surface area contributed by atoms with Crippen molar-refractivity contribution in [1.29, 1.82) is 0 Å². The van der Waals surface area contributed by atoms with Crippen molar-refractivity contribution in [3.63, 3.8) is 0 Å². The highest BCUT2D eigenvalue weighted by atomic mass is 127. The number of halogens is 1. The van der Waals surface area contributed by atoms with Crippen LogP contribution in [-0.2, 0) is 6.54 Å². The lowest BCUT2D eigenvalue weighted by molar-refractivity contribution is 0.0963. The molecule has 1 amide bonds. The molecular formula is C24H34IN5O2.